The first-order valence-corrected chi connectivity index (χ1v) is 5.41. The van der Waals surface area contributed by atoms with Gasteiger partial charge in [0.05, 0.1) is 11.3 Å². The lowest BCUT2D eigenvalue weighted by atomic mass is 9.99. The maximum absolute atomic E-state index is 11.9. The van der Waals surface area contributed by atoms with Crippen molar-refractivity contribution in [2.24, 2.45) is 5.73 Å². The van der Waals surface area contributed by atoms with Gasteiger partial charge in [-0.05, 0) is 26.0 Å². The summed E-state index contributed by atoms with van der Waals surface area (Å²) < 4.78 is 0. The molecule has 0 radical (unpaired) electrons. The minimum Gasteiger partial charge on any atom is -0.505 e. The van der Waals surface area contributed by atoms with Gasteiger partial charge in [0.15, 0.2) is 5.75 Å². The van der Waals surface area contributed by atoms with Gasteiger partial charge in [0, 0.05) is 12.0 Å². The topological polar surface area (TPSA) is 118 Å². The molecule has 0 saturated heterocycles. The molecular weight excluding hydrogens is 234 g/mol. The van der Waals surface area contributed by atoms with E-state index in [1.54, 1.807) is 19.9 Å². The molecule has 0 aliphatic heterocycles. The lowest BCUT2D eigenvalue weighted by Crippen LogP contribution is -2.46. The summed E-state index contributed by atoms with van der Waals surface area (Å²) in [5.41, 5.74) is 9.98. The molecule has 0 atom stereocenters. The van der Waals surface area contributed by atoms with E-state index in [4.69, 9.17) is 11.5 Å². The van der Waals surface area contributed by atoms with Gasteiger partial charge in [-0.25, -0.2) is 0 Å². The number of hydrogen-bond acceptors (Lipinski definition) is 4. The molecule has 18 heavy (non-hydrogen) atoms. The first-order chi connectivity index (χ1) is 8.23. The predicted octanol–water partition coefficient (Wildman–Crippen LogP) is 0.358. The van der Waals surface area contributed by atoms with Gasteiger partial charge in [-0.2, -0.15) is 0 Å². The summed E-state index contributed by atoms with van der Waals surface area (Å²) in [5, 5.41) is 12.3. The number of anilines is 1. The molecule has 2 amide bonds. The molecule has 1 aromatic rings. The van der Waals surface area contributed by atoms with Crippen LogP contribution < -0.4 is 16.8 Å². The highest BCUT2D eigenvalue weighted by Gasteiger charge is 2.24. The van der Waals surface area contributed by atoms with E-state index in [0.29, 0.717) is 0 Å². The number of carbonyl (C=O) groups is 2. The van der Waals surface area contributed by atoms with E-state index in [9.17, 15) is 14.7 Å². The Hall–Kier alpha value is -2.24. The van der Waals surface area contributed by atoms with Crippen LogP contribution in [-0.2, 0) is 4.79 Å². The summed E-state index contributed by atoms with van der Waals surface area (Å²) in [6.45, 7) is 3.33. The number of primary amides is 1. The zero-order valence-corrected chi connectivity index (χ0v) is 10.4. The van der Waals surface area contributed by atoms with Crippen LogP contribution in [-0.4, -0.2) is 22.5 Å². The van der Waals surface area contributed by atoms with Crippen molar-refractivity contribution < 1.29 is 14.7 Å². The molecular formula is C12H17N3O3. The number of nitrogen functional groups attached to an aromatic ring is 1. The van der Waals surface area contributed by atoms with Gasteiger partial charge >= 0.3 is 0 Å². The van der Waals surface area contributed by atoms with Crippen molar-refractivity contribution >= 4 is 17.5 Å². The summed E-state index contributed by atoms with van der Waals surface area (Å²) in [6, 6.07) is 4.49. The Balaban J connectivity index is 2.89. The van der Waals surface area contributed by atoms with Crippen molar-refractivity contribution in [2.75, 3.05) is 5.73 Å². The number of amides is 2. The molecule has 0 bridgehead atoms. The van der Waals surface area contributed by atoms with Crippen LogP contribution in [0.5, 0.6) is 5.75 Å². The van der Waals surface area contributed by atoms with Crippen molar-refractivity contribution in [3.63, 3.8) is 0 Å². The third-order valence-corrected chi connectivity index (χ3v) is 2.38. The molecule has 1 rings (SSSR count). The standard InChI is InChI=1S/C12H17N3O3/c1-12(2,6-9(14)16)15-11(18)7-4-3-5-8(13)10(7)17/h3-5,17H,6,13H2,1-2H3,(H2,14,16)(H,15,18). The molecule has 0 heterocycles. The van der Waals surface area contributed by atoms with Crippen LogP contribution in [0, 0.1) is 0 Å². The molecule has 0 saturated carbocycles. The maximum atomic E-state index is 11.9. The number of aromatic hydroxyl groups is 1. The highest BCUT2D eigenvalue weighted by molar-refractivity contribution is 5.99. The van der Waals surface area contributed by atoms with Gasteiger partial charge < -0.3 is 21.9 Å². The zero-order chi connectivity index (χ0) is 13.9. The Morgan fingerprint density at radius 3 is 2.56 bits per heavy atom. The van der Waals surface area contributed by atoms with E-state index >= 15 is 0 Å². The van der Waals surface area contributed by atoms with Crippen LogP contribution in [0.25, 0.3) is 0 Å². The van der Waals surface area contributed by atoms with Crippen LogP contribution in [0.1, 0.15) is 30.6 Å². The van der Waals surface area contributed by atoms with Gasteiger partial charge in [0.25, 0.3) is 5.91 Å². The Labute approximate surface area is 105 Å². The highest BCUT2D eigenvalue weighted by Crippen LogP contribution is 2.24. The van der Waals surface area contributed by atoms with Crippen LogP contribution >= 0.6 is 0 Å². The number of para-hydroxylation sites is 1. The predicted molar refractivity (Wildman–Crippen MR) is 67.9 cm³/mol. The van der Waals surface area contributed by atoms with Crippen LogP contribution in [0.2, 0.25) is 0 Å². The minimum absolute atomic E-state index is 0.00180. The largest absolute Gasteiger partial charge is 0.505 e. The molecule has 98 valence electrons. The number of rotatable bonds is 4. The average molecular weight is 251 g/mol. The summed E-state index contributed by atoms with van der Waals surface area (Å²) in [6.07, 6.45) is 0.00180. The number of carbonyl (C=O) groups excluding carboxylic acids is 2. The molecule has 0 fully saturated rings. The van der Waals surface area contributed by atoms with Crippen molar-refractivity contribution in [1.82, 2.24) is 5.32 Å². The SMILES string of the molecule is CC(C)(CC(N)=O)NC(=O)c1cccc(N)c1O. The van der Waals surface area contributed by atoms with Crippen LogP contribution in [0.3, 0.4) is 0 Å². The Morgan fingerprint density at radius 2 is 2.00 bits per heavy atom. The first-order valence-electron chi connectivity index (χ1n) is 5.41. The van der Waals surface area contributed by atoms with E-state index in [1.807, 2.05) is 0 Å². The molecule has 6 nitrogen and oxygen atoms in total. The normalized spacial score (nSPS) is 11.0. The van der Waals surface area contributed by atoms with Crippen LogP contribution in [0.15, 0.2) is 18.2 Å². The van der Waals surface area contributed by atoms with Gasteiger partial charge in [0.2, 0.25) is 5.91 Å². The molecule has 0 unspecified atom stereocenters. The van der Waals surface area contributed by atoms with Gasteiger partial charge in [-0.1, -0.05) is 6.07 Å². The first kappa shape index (κ1) is 13.8. The fourth-order valence-corrected chi connectivity index (χ4v) is 1.60. The Bertz CT molecular complexity index is 483. The summed E-state index contributed by atoms with van der Waals surface area (Å²) in [5.74, 6) is -1.30. The molecule has 0 aliphatic carbocycles. The number of phenolic OH excluding ortho intramolecular Hbond substituents is 1. The summed E-state index contributed by atoms with van der Waals surface area (Å²) >= 11 is 0. The highest BCUT2D eigenvalue weighted by atomic mass is 16.3. The van der Waals surface area contributed by atoms with Crippen molar-refractivity contribution in [3.05, 3.63) is 23.8 Å². The number of nitrogens with two attached hydrogens (primary N) is 2. The minimum atomic E-state index is -0.792. The molecule has 6 heteroatoms. The second kappa shape index (κ2) is 4.95. The van der Waals surface area contributed by atoms with Gasteiger partial charge in [-0.15, -0.1) is 0 Å². The second-order valence-corrected chi connectivity index (χ2v) is 4.72. The summed E-state index contributed by atoms with van der Waals surface area (Å²) in [4.78, 5) is 22.8. The van der Waals surface area contributed by atoms with Crippen molar-refractivity contribution in [3.8, 4) is 5.75 Å². The van der Waals surface area contributed by atoms with E-state index < -0.39 is 17.4 Å². The molecule has 1 aromatic carbocycles. The van der Waals surface area contributed by atoms with Gasteiger partial charge in [-0.3, -0.25) is 9.59 Å². The number of benzene rings is 1. The van der Waals surface area contributed by atoms with E-state index in [-0.39, 0.29) is 23.4 Å². The lowest BCUT2D eigenvalue weighted by molar-refractivity contribution is -0.119. The summed E-state index contributed by atoms with van der Waals surface area (Å²) in [7, 11) is 0. The third-order valence-electron chi connectivity index (χ3n) is 2.38. The van der Waals surface area contributed by atoms with Crippen LogP contribution in [0.4, 0.5) is 5.69 Å². The van der Waals surface area contributed by atoms with Gasteiger partial charge in [0.1, 0.15) is 0 Å². The second-order valence-electron chi connectivity index (χ2n) is 4.72. The Kier molecular flexibility index (Phi) is 3.80. The number of phenols is 1. The van der Waals surface area contributed by atoms with Crippen molar-refractivity contribution in [1.29, 1.82) is 0 Å². The molecule has 6 N–H and O–H groups in total. The maximum Gasteiger partial charge on any atom is 0.255 e. The zero-order valence-electron chi connectivity index (χ0n) is 10.4. The molecule has 0 aliphatic rings. The van der Waals surface area contributed by atoms with E-state index in [2.05, 4.69) is 5.32 Å². The van der Waals surface area contributed by atoms with E-state index in [0.717, 1.165) is 0 Å². The third kappa shape index (κ3) is 3.38. The quantitative estimate of drug-likeness (QED) is 0.456. The number of hydrogen-bond donors (Lipinski definition) is 4. The van der Waals surface area contributed by atoms with E-state index in [1.165, 1.54) is 12.1 Å². The fraction of sp³-hybridized carbons (Fsp3) is 0.333. The Morgan fingerprint density at radius 1 is 1.39 bits per heavy atom. The molecule has 0 aromatic heterocycles. The average Bonchev–Trinajstić information content (AvgIpc) is 2.18. The monoisotopic (exact) mass is 251 g/mol. The number of nitrogens with one attached hydrogen (secondary N) is 1. The molecule has 0 spiro atoms. The van der Waals surface area contributed by atoms with Crippen molar-refractivity contribution in [2.45, 2.75) is 25.8 Å². The smallest absolute Gasteiger partial charge is 0.255 e. The lowest BCUT2D eigenvalue weighted by Gasteiger charge is -2.25. The fourth-order valence-electron chi connectivity index (χ4n) is 1.60.